The zero-order chi connectivity index (χ0) is 29.2. The van der Waals surface area contributed by atoms with Crippen molar-refractivity contribution in [2.45, 2.75) is 51.9 Å². The molecule has 2 saturated heterocycles. The average molecular weight is 637 g/mol. The van der Waals surface area contributed by atoms with Crippen LogP contribution in [0.5, 0.6) is 0 Å². The topological polar surface area (TPSA) is 105 Å². The third-order valence-electron chi connectivity index (χ3n) is 8.65. The summed E-state index contributed by atoms with van der Waals surface area (Å²) in [6, 6.07) is 9.93. The summed E-state index contributed by atoms with van der Waals surface area (Å²) in [5.74, 6) is 1.90. The Morgan fingerprint density at radius 2 is 2.02 bits per heavy atom. The number of rotatable bonds is 9. The number of benzene rings is 1. The second-order valence-electron chi connectivity index (χ2n) is 11.8. The van der Waals surface area contributed by atoms with E-state index in [1.807, 2.05) is 36.1 Å². The first-order valence-corrected chi connectivity index (χ1v) is 15.9. The monoisotopic (exact) mass is 635 g/mol. The summed E-state index contributed by atoms with van der Waals surface area (Å²) in [7, 11) is 0. The fraction of sp³-hybridized carbons (Fsp3) is 0.500. The maximum absolute atomic E-state index is 13.2. The average Bonchev–Trinajstić information content (AvgIpc) is 3.66. The molecule has 0 spiro atoms. The van der Waals surface area contributed by atoms with Crippen LogP contribution in [0.1, 0.15) is 56.8 Å². The zero-order valence-electron chi connectivity index (χ0n) is 24.3. The first-order valence-electron chi connectivity index (χ1n) is 15.1. The lowest BCUT2D eigenvalue weighted by Crippen LogP contribution is -2.45. The highest BCUT2D eigenvalue weighted by Crippen LogP contribution is 2.35. The highest BCUT2D eigenvalue weighted by atomic mass is 79.9. The van der Waals surface area contributed by atoms with Gasteiger partial charge in [0.1, 0.15) is 16.9 Å². The molecule has 1 N–H and O–H groups in total. The Bertz CT molecular complexity index is 1630. The molecule has 2 unspecified atom stereocenters. The van der Waals surface area contributed by atoms with Crippen molar-refractivity contribution in [3.8, 4) is 0 Å². The number of aromatic amines is 1. The number of para-hydroxylation sites is 1. The minimum atomic E-state index is -0.227. The lowest BCUT2D eigenvalue weighted by Gasteiger charge is -2.38. The lowest BCUT2D eigenvalue weighted by molar-refractivity contribution is -0.139. The Morgan fingerprint density at radius 3 is 2.83 bits per heavy atom. The molecule has 3 aromatic heterocycles. The van der Waals surface area contributed by atoms with Crippen LogP contribution in [-0.4, -0.2) is 65.2 Å². The third-order valence-corrected chi connectivity index (χ3v) is 9.10. The number of likely N-dealkylation sites (tertiary alicyclic amines) is 1. The number of anilines is 1. The van der Waals surface area contributed by atoms with Gasteiger partial charge < -0.3 is 23.9 Å². The third kappa shape index (κ3) is 5.97. The minimum Gasteiger partial charge on any atom is -0.450 e. The van der Waals surface area contributed by atoms with Crippen molar-refractivity contribution in [1.82, 2.24) is 19.9 Å². The summed E-state index contributed by atoms with van der Waals surface area (Å²) in [4.78, 5) is 42.4. The molecule has 10 heteroatoms. The first kappa shape index (κ1) is 28.9. The predicted molar refractivity (Wildman–Crippen MR) is 167 cm³/mol. The zero-order valence-corrected chi connectivity index (χ0v) is 25.9. The molecule has 1 aromatic carbocycles. The van der Waals surface area contributed by atoms with E-state index in [1.165, 1.54) is 0 Å². The number of furan rings is 1. The van der Waals surface area contributed by atoms with Crippen LogP contribution in [-0.2, 0) is 16.0 Å². The molecule has 5 heterocycles. The van der Waals surface area contributed by atoms with E-state index >= 15 is 0 Å². The maximum Gasteiger partial charge on any atom is 0.251 e. The molecular weight excluding hydrogens is 598 g/mol. The summed E-state index contributed by atoms with van der Waals surface area (Å²) >= 11 is 3.46. The van der Waals surface area contributed by atoms with Gasteiger partial charge in [-0.2, -0.15) is 0 Å². The van der Waals surface area contributed by atoms with Crippen molar-refractivity contribution in [3.05, 3.63) is 62.7 Å². The minimum absolute atomic E-state index is 0.0488. The molecule has 1 amide bonds. The number of fused-ring (bicyclic) bond motifs is 3. The van der Waals surface area contributed by atoms with Gasteiger partial charge in [-0.05, 0) is 71.6 Å². The molecule has 0 aliphatic carbocycles. The van der Waals surface area contributed by atoms with E-state index in [-0.39, 0.29) is 29.2 Å². The van der Waals surface area contributed by atoms with Crippen molar-refractivity contribution in [3.63, 3.8) is 0 Å². The molecule has 3 atom stereocenters. The van der Waals surface area contributed by atoms with Gasteiger partial charge in [0.25, 0.3) is 5.56 Å². The maximum atomic E-state index is 13.2. The molecule has 42 heavy (non-hydrogen) atoms. The Labute approximate surface area is 253 Å². The van der Waals surface area contributed by atoms with Crippen LogP contribution < -0.4 is 10.5 Å². The Kier molecular flexibility index (Phi) is 8.62. The Hall–Kier alpha value is -3.24. The molecule has 2 aliphatic heterocycles. The summed E-state index contributed by atoms with van der Waals surface area (Å²) in [6.45, 7) is 8.21. The molecule has 0 radical (unpaired) electrons. The summed E-state index contributed by atoms with van der Waals surface area (Å²) in [5.41, 5.74) is 3.22. The number of piperidine rings is 1. The molecule has 2 aliphatic rings. The normalized spacial score (nSPS) is 20.1. The summed E-state index contributed by atoms with van der Waals surface area (Å²) < 4.78 is 13.0. The fourth-order valence-electron chi connectivity index (χ4n) is 6.41. The number of pyridine rings is 1. The second kappa shape index (κ2) is 12.6. The van der Waals surface area contributed by atoms with Crippen molar-refractivity contribution in [2.24, 2.45) is 11.8 Å². The smallest absolute Gasteiger partial charge is 0.251 e. The van der Waals surface area contributed by atoms with Gasteiger partial charge >= 0.3 is 0 Å². The van der Waals surface area contributed by atoms with Gasteiger partial charge in [0, 0.05) is 60.8 Å². The summed E-state index contributed by atoms with van der Waals surface area (Å²) in [6.07, 6.45) is 6.22. The summed E-state index contributed by atoms with van der Waals surface area (Å²) in [5, 5.41) is 1.02. The number of nitrogens with one attached hydrogen (secondary N) is 1. The largest absolute Gasteiger partial charge is 0.450 e. The SMILES string of the molecule is CC1CN(C(=O)[C@H](C)COCCCc2nc(N3CCCC3)c3oc4ccccc4c3n2)CCC1c1cc(Br)c[nH]c1=O. The molecule has 2 fully saturated rings. The van der Waals surface area contributed by atoms with Gasteiger partial charge in [-0.1, -0.05) is 26.0 Å². The number of hydrogen-bond acceptors (Lipinski definition) is 7. The van der Waals surface area contributed by atoms with Crippen molar-refractivity contribution < 1.29 is 13.9 Å². The van der Waals surface area contributed by atoms with Crippen LogP contribution in [0.15, 0.2) is 50.2 Å². The molecule has 4 aromatic rings. The van der Waals surface area contributed by atoms with E-state index in [1.54, 1.807) is 6.20 Å². The van der Waals surface area contributed by atoms with Gasteiger partial charge in [-0.3, -0.25) is 9.59 Å². The molecule has 6 rings (SSSR count). The number of ether oxygens (including phenoxy) is 1. The van der Waals surface area contributed by atoms with Gasteiger partial charge in [0.05, 0.1) is 12.5 Å². The number of carbonyl (C=O) groups excluding carboxylic acids is 1. The van der Waals surface area contributed by atoms with Crippen LogP contribution >= 0.6 is 15.9 Å². The van der Waals surface area contributed by atoms with Crippen LogP contribution in [0.3, 0.4) is 0 Å². The first-order chi connectivity index (χ1) is 20.4. The van der Waals surface area contributed by atoms with E-state index in [0.29, 0.717) is 32.7 Å². The lowest BCUT2D eigenvalue weighted by atomic mass is 9.82. The highest BCUT2D eigenvalue weighted by Gasteiger charge is 2.32. The Morgan fingerprint density at radius 1 is 1.21 bits per heavy atom. The number of aryl methyl sites for hydroxylation is 1. The van der Waals surface area contributed by atoms with Crippen LogP contribution in [0.2, 0.25) is 0 Å². The van der Waals surface area contributed by atoms with E-state index in [0.717, 1.165) is 82.5 Å². The van der Waals surface area contributed by atoms with Crippen LogP contribution in [0.4, 0.5) is 5.82 Å². The predicted octanol–water partition coefficient (Wildman–Crippen LogP) is 5.66. The van der Waals surface area contributed by atoms with Crippen LogP contribution in [0, 0.1) is 11.8 Å². The van der Waals surface area contributed by atoms with Gasteiger partial charge in [-0.15, -0.1) is 0 Å². The van der Waals surface area contributed by atoms with E-state index < -0.39 is 0 Å². The van der Waals surface area contributed by atoms with E-state index in [4.69, 9.17) is 19.1 Å². The van der Waals surface area contributed by atoms with E-state index in [9.17, 15) is 9.59 Å². The number of hydrogen-bond donors (Lipinski definition) is 1. The number of amides is 1. The number of carbonyl (C=O) groups is 1. The number of aromatic nitrogens is 3. The second-order valence-corrected chi connectivity index (χ2v) is 12.7. The van der Waals surface area contributed by atoms with Crippen LogP contribution in [0.25, 0.3) is 22.1 Å². The quantitative estimate of drug-likeness (QED) is 0.236. The van der Waals surface area contributed by atoms with Crippen molar-refractivity contribution in [2.75, 3.05) is 44.3 Å². The Balaban J connectivity index is 1.02. The van der Waals surface area contributed by atoms with E-state index in [2.05, 4.69) is 38.8 Å². The molecular formula is C32H38BrN5O4. The fourth-order valence-corrected chi connectivity index (χ4v) is 6.77. The molecule has 222 valence electrons. The molecule has 9 nitrogen and oxygen atoms in total. The number of nitrogens with zero attached hydrogens (tertiary/aromatic N) is 4. The molecule has 0 saturated carbocycles. The standard InChI is InChI=1S/C32H38BrN5O4/c1-20-18-38(14-11-23(20)25-16-22(33)17-34-31(25)39)32(40)21(2)19-41-15-7-10-27-35-28-24-8-3-4-9-26(24)42-29(28)30(36-27)37-12-5-6-13-37/h3-4,8-9,16-17,20-21,23H,5-7,10-15,18-19H2,1-2H3,(H,34,39)/t20?,21-,23?/m1/s1. The number of H-pyrrole nitrogens is 1. The van der Waals surface area contributed by atoms with Gasteiger partial charge in [0.15, 0.2) is 11.4 Å². The number of halogens is 1. The van der Waals surface area contributed by atoms with Crippen molar-refractivity contribution in [1.29, 1.82) is 0 Å². The highest BCUT2D eigenvalue weighted by molar-refractivity contribution is 9.10. The molecule has 0 bridgehead atoms. The van der Waals surface area contributed by atoms with Gasteiger partial charge in [-0.25, -0.2) is 9.97 Å². The van der Waals surface area contributed by atoms with Crippen molar-refractivity contribution >= 4 is 49.7 Å². The van der Waals surface area contributed by atoms with Gasteiger partial charge in [0.2, 0.25) is 5.91 Å².